The molecule has 6 nitrogen and oxygen atoms in total. The van der Waals surface area contributed by atoms with Gasteiger partial charge in [0.1, 0.15) is 12.7 Å². The maximum atomic E-state index is 11.3. The number of likely N-dealkylation sites (tertiary alicyclic amines) is 1. The van der Waals surface area contributed by atoms with Gasteiger partial charge in [0.05, 0.1) is 0 Å². The van der Waals surface area contributed by atoms with Crippen molar-refractivity contribution in [2.24, 2.45) is 11.7 Å². The van der Waals surface area contributed by atoms with Crippen LogP contribution in [0.15, 0.2) is 36.9 Å². The molecular formula is C16H21N5O. The lowest BCUT2D eigenvalue weighted by molar-refractivity contribution is 0.1000. The molecule has 1 aliphatic heterocycles. The topological polar surface area (TPSA) is 77.0 Å². The van der Waals surface area contributed by atoms with E-state index in [1.807, 2.05) is 22.9 Å². The van der Waals surface area contributed by atoms with Gasteiger partial charge in [-0.3, -0.25) is 14.4 Å². The van der Waals surface area contributed by atoms with E-state index < -0.39 is 0 Å². The average Bonchev–Trinajstić information content (AvgIpc) is 3.01. The molecule has 0 saturated carbocycles. The molecule has 0 radical (unpaired) electrons. The monoisotopic (exact) mass is 299 g/mol. The fraction of sp³-hybridized carbons (Fsp3) is 0.438. The number of carbonyl (C=O) groups excluding carboxylic acids is 1. The van der Waals surface area contributed by atoms with E-state index in [-0.39, 0.29) is 5.91 Å². The zero-order valence-electron chi connectivity index (χ0n) is 12.6. The quantitative estimate of drug-likeness (QED) is 0.902. The number of carbonyl (C=O) groups is 1. The second-order valence-corrected chi connectivity index (χ2v) is 5.93. The number of nitrogens with zero attached hydrogens (tertiary/aromatic N) is 4. The SMILES string of the molecule is NC(=O)c1cccc(CN2CCC[C@@H](Cn3cncn3)C2)c1. The number of piperidine rings is 1. The van der Waals surface area contributed by atoms with Gasteiger partial charge in [0, 0.05) is 25.2 Å². The lowest BCUT2D eigenvalue weighted by atomic mass is 9.97. The predicted molar refractivity (Wildman–Crippen MR) is 83.0 cm³/mol. The van der Waals surface area contributed by atoms with Gasteiger partial charge in [0.25, 0.3) is 0 Å². The van der Waals surface area contributed by atoms with Crippen LogP contribution < -0.4 is 5.73 Å². The lowest BCUT2D eigenvalue weighted by Gasteiger charge is -2.32. The number of primary amides is 1. The Morgan fingerprint density at radius 3 is 3.09 bits per heavy atom. The summed E-state index contributed by atoms with van der Waals surface area (Å²) in [5.41, 5.74) is 7.06. The minimum atomic E-state index is -0.371. The number of hydrogen-bond acceptors (Lipinski definition) is 4. The molecule has 2 N–H and O–H groups in total. The summed E-state index contributed by atoms with van der Waals surface area (Å²) in [7, 11) is 0. The van der Waals surface area contributed by atoms with Crippen molar-refractivity contribution in [1.29, 1.82) is 0 Å². The Morgan fingerprint density at radius 2 is 2.32 bits per heavy atom. The van der Waals surface area contributed by atoms with Crippen molar-refractivity contribution in [1.82, 2.24) is 19.7 Å². The lowest BCUT2D eigenvalue weighted by Crippen LogP contribution is -2.36. The number of nitrogens with two attached hydrogens (primary N) is 1. The van der Waals surface area contributed by atoms with Gasteiger partial charge in [0.2, 0.25) is 5.91 Å². The first-order valence-electron chi connectivity index (χ1n) is 7.64. The highest BCUT2D eigenvalue weighted by atomic mass is 16.1. The first kappa shape index (κ1) is 14.7. The molecule has 1 amide bonds. The minimum absolute atomic E-state index is 0.371. The van der Waals surface area contributed by atoms with E-state index in [2.05, 4.69) is 15.0 Å². The maximum absolute atomic E-state index is 11.3. The highest BCUT2D eigenvalue weighted by Crippen LogP contribution is 2.20. The van der Waals surface area contributed by atoms with E-state index in [0.29, 0.717) is 11.5 Å². The third-order valence-electron chi connectivity index (χ3n) is 4.13. The molecule has 6 heteroatoms. The normalized spacial score (nSPS) is 19.2. The van der Waals surface area contributed by atoms with Crippen LogP contribution in [0.2, 0.25) is 0 Å². The summed E-state index contributed by atoms with van der Waals surface area (Å²) in [4.78, 5) is 17.7. The Bertz CT molecular complexity index is 625. The first-order valence-corrected chi connectivity index (χ1v) is 7.64. The fourth-order valence-corrected chi connectivity index (χ4v) is 3.12. The second-order valence-electron chi connectivity index (χ2n) is 5.93. The van der Waals surface area contributed by atoms with Crippen LogP contribution in [0.25, 0.3) is 0 Å². The standard InChI is InChI=1S/C16H21N5O/c17-16(22)15-5-1-3-13(7-15)8-20-6-2-4-14(9-20)10-21-12-18-11-19-21/h1,3,5,7,11-12,14H,2,4,6,8-10H2,(H2,17,22)/t14-/m1/s1. The minimum Gasteiger partial charge on any atom is -0.366 e. The molecule has 2 aromatic rings. The molecule has 2 heterocycles. The van der Waals surface area contributed by atoms with E-state index in [1.54, 1.807) is 18.7 Å². The molecule has 1 atom stereocenters. The van der Waals surface area contributed by atoms with Crippen LogP contribution in [0.1, 0.15) is 28.8 Å². The molecular weight excluding hydrogens is 278 g/mol. The van der Waals surface area contributed by atoms with Gasteiger partial charge in [-0.05, 0) is 43.0 Å². The van der Waals surface area contributed by atoms with Crippen LogP contribution in [0.4, 0.5) is 0 Å². The van der Waals surface area contributed by atoms with Crippen molar-refractivity contribution in [2.45, 2.75) is 25.9 Å². The van der Waals surface area contributed by atoms with Crippen molar-refractivity contribution in [2.75, 3.05) is 13.1 Å². The van der Waals surface area contributed by atoms with Crippen LogP contribution >= 0.6 is 0 Å². The Labute approximate surface area is 129 Å². The summed E-state index contributed by atoms with van der Waals surface area (Å²) in [5, 5.41) is 4.19. The molecule has 1 aliphatic rings. The van der Waals surface area contributed by atoms with Crippen LogP contribution in [-0.2, 0) is 13.1 Å². The van der Waals surface area contributed by atoms with Gasteiger partial charge in [-0.2, -0.15) is 5.10 Å². The molecule has 1 aromatic heterocycles. The van der Waals surface area contributed by atoms with E-state index >= 15 is 0 Å². The van der Waals surface area contributed by atoms with Crippen molar-refractivity contribution in [3.05, 3.63) is 48.0 Å². The highest BCUT2D eigenvalue weighted by Gasteiger charge is 2.20. The van der Waals surface area contributed by atoms with Gasteiger partial charge < -0.3 is 5.73 Å². The van der Waals surface area contributed by atoms with E-state index in [9.17, 15) is 4.79 Å². The predicted octanol–water partition coefficient (Wildman–Crippen LogP) is 1.29. The number of hydrogen-bond donors (Lipinski definition) is 1. The summed E-state index contributed by atoms with van der Waals surface area (Å²) < 4.78 is 1.90. The number of benzene rings is 1. The molecule has 0 aliphatic carbocycles. The van der Waals surface area contributed by atoms with Gasteiger partial charge in [0.15, 0.2) is 0 Å². The molecule has 116 valence electrons. The van der Waals surface area contributed by atoms with E-state index in [1.165, 1.54) is 12.8 Å². The zero-order valence-corrected chi connectivity index (χ0v) is 12.6. The fourth-order valence-electron chi connectivity index (χ4n) is 3.12. The van der Waals surface area contributed by atoms with Gasteiger partial charge in [-0.1, -0.05) is 12.1 Å². The first-order chi connectivity index (χ1) is 10.7. The Hall–Kier alpha value is -2.21. The molecule has 1 aromatic carbocycles. The molecule has 3 rings (SSSR count). The molecule has 1 fully saturated rings. The largest absolute Gasteiger partial charge is 0.366 e. The summed E-state index contributed by atoms with van der Waals surface area (Å²) in [6.45, 7) is 3.90. The van der Waals surface area contributed by atoms with Crippen molar-refractivity contribution >= 4 is 5.91 Å². The van der Waals surface area contributed by atoms with Crippen LogP contribution in [-0.4, -0.2) is 38.7 Å². The maximum Gasteiger partial charge on any atom is 0.248 e. The third-order valence-corrected chi connectivity index (χ3v) is 4.13. The van der Waals surface area contributed by atoms with Gasteiger partial charge in [-0.15, -0.1) is 0 Å². The van der Waals surface area contributed by atoms with Gasteiger partial charge in [-0.25, -0.2) is 4.98 Å². The van der Waals surface area contributed by atoms with E-state index in [4.69, 9.17) is 5.73 Å². The molecule has 0 spiro atoms. The number of rotatable bonds is 5. The highest BCUT2D eigenvalue weighted by molar-refractivity contribution is 5.92. The summed E-state index contributed by atoms with van der Waals surface area (Å²) in [6, 6.07) is 7.60. The second kappa shape index (κ2) is 6.70. The Kier molecular flexibility index (Phi) is 4.48. The molecule has 1 saturated heterocycles. The number of amides is 1. The van der Waals surface area contributed by atoms with E-state index in [0.717, 1.165) is 31.7 Å². The van der Waals surface area contributed by atoms with Crippen LogP contribution in [0, 0.1) is 5.92 Å². The molecule has 0 unspecified atom stereocenters. The smallest absolute Gasteiger partial charge is 0.248 e. The summed E-state index contributed by atoms with van der Waals surface area (Å²) in [6.07, 6.45) is 5.76. The zero-order chi connectivity index (χ0) is 15.4. The Balaban J connectivity index is 1.60. The average molecular weight is 299 g/mol. The van der Waals surface area contributed by atoms with Crippen LogP contribution in [0.5, 0.6) is 0 Å². The van der Waals surface area contributed by atoms with Crippen molar-refractivity contribution < 1.29 is 4.79 Å². The molecule has 0 bridgehead atoms. The van der Waals surface area contributed by atoms with Crippen molar-refractivity contribution in [3.63, 3.8) is 0 Å². The van der Waals surface area contributed by atoms with Crippen LogP contribution in [0.3, 0.4) is 0 Å². The summed E-state index contributed by atoms with van der Waals surface area (Å²) >= 11 is 0. The molecule has 22 heavy (non-hydrogen) atoms. The van der Waals surface area contributed by atoms with Gasteiger partial charge >= 0.3 is 0 Å². The van der Waals surface area contributed by atoms with Crippen molar-refractivity contribution in [3.8, 4) is 0 Å². The Morgan fingerprint density at radius 1 is 1.41 bits per heavy atom. The summed E-state index contributed by atoms with van der Waals surface area (Å²) in [5.74, 6) is 0.222. The third kappa shape index (κ3) is 3.71. The number of aromatic nitrogens is 3.